The number of aromatic nitrogens is 2. The lowest BCUT2D eigenvalue weighted by molar-refractivity contribution is 0.0734. The van der Waals surface area contributed by atoms with E-state index in [1.54, 1.807) is 18.2 Å². The van der Waals surface area contributed by atoms with Crippen LogP contribution in [0.25, 0.3) is 10.9 Å². The third-order valence-electron chi connectivity index (χ3n) is 3.83. The molecule has 3 aromatic rings. The fourth-order valence-electron chi connectivity index (χ4n) is 2.58. The van der Waals surface area contributed by atoms with Gasteiger partial charge in [0, 0.05) is 17.5 Å². The molecule has 0 amide bonds. The number of carbonyl (C=O) groups is 1. The molecule has 1 aromatic heterocycles. The van der Waals surface area contributed by atoms with Crippen LogP contribution in [0, 0.1) is 0 Å². The van der Waals surface area contributed by atoms with E-state index in [1.807, 2.05) is 0 Å². The summed E-state index contributed by atoms with van der Waals surface area (Å²) in [5, 5.41) is 0.503. The number of nitrogens with two attached hydrogens (primary N) is 2. The predicted molar refractivity (Wildman–Crippen MR) is 99.4 cm³/mol. The Morgan fingerprint density at radius 2 is 1.59 bits per heavy atom. The van der Waals surface area contributed by atoms with Crippen LogP contribution in [0.5, 0.6) is 23.0 Å². The Morgan fingerprint density at radius 1 is 0.926 bits per heavy atom. The number of nitrogen functional groups attached to an aromatic ring is 2. The van der Waals surface area contributed by atoms with Crippen molar-refractivity contribution in [2.24, 2.45) is 0 Å². The summed E-state index contributed by atoms with van der Waals surface area (Å²) >= 11 is 0. The Morgan fingerprint density at radius 3 is 2.19 bits per heavy atom. The fourth-order valence-corrected chi connectivity index (χ4v) is 2.58. The Balaban J connectivity index is 1.94. The molecule has 0 fully saturated rings. The molecule has 0 atom stereocenters. The summed E-state index contributed by atoms with van der Waals surface area (Å²) in [6, 6.07) is 7.78. The van der Waals surface area contributed by atoms with Gasteiger partial charge < -0.3 is 30.4 Å². The van der Waals surface area contributed by atoms with Crippen molar-refractivity contribution >= 4 is 28.6 Å². The number of carbonyl (C=O) groups excluding carboxylic acids is 1. The van der Waals surface area contributed by atoms with Crippen molar-refractivity contribution in [3.63, 3.8) is 0 Å². The maximum Gasteiger partial charge on any atom is 0.343 e. The topological polar surface area (TPSA) is 132 Å². The van der Waals surface area contributed by atoms with E-state index in [0.29, 0.717) is 28.2 Å². The Hall–Kier alpha value is -3.75. The number of rotatable bonds is 5. The van der Waals surface area contributed by atoms with Crippen LogP contribution in [-0.2, 0) is 0 Å². The number of anilines is 2. The van der Waals surface area contributed by atoms with Crippen molar-refractivity contribution in [2.45, 2.75) is 0 Å². The monoisotopic (exact) mass is 370 g/mol. The highest BCUT2D eigenvalue weighted by molar-refractivity contribution is 5.98. The number of ether oxygens (including phenoxy) is 4. The Kier molecular flexibility index (Phi) is 4.84. The Bertz CT molecular complexity index is 997. The number of benzene rings is 2. The first-order valence-electron chi connectivity index (χ1n) is 7.81. The first-order valence-corrected chi connectivity index (χ1v) is 7.81. The van der Waals surface area contributed by atoms with Crippen molar-refractivity contribution in [2.75, 3.05) is 32.8 Å². The van der Waals surface area contributed by atoms with Gasteiger partial charge in [0.15, 0.2) is 11.5 Å². The van der Waals surface area contributed by atoms with E-state index in [9.17, 15) is 4.79 Å². The molecule has 0 aliphatic carbocycles. The second-order valence-electron chi connectivity index (χ2n) is 5.45. The summed E-state index contributed by atoms with van der Waals surface area (Å²) in [6.45, 7) is 0. The van der Waals surface area contributed by atoms with E-state index in [4.69, 9.17) is 30.4 Å². The summed E-state index contributed by atoms with van der Waals surface area (Å²) in [4.78, 5) is 20.5. The van der Waals surface area contributed by atoms with E-state index in [-0.39, 0.29) is 23.1 Å². The maximum absolute atomic E-state index is 12.5. The minimum atomic E-state index is -0.595. The second-order valence-corrected chi connectivity index (χ2v) is 5.45. The molecular weight excluding hydrogens is 352 g/mol. The van der Waals surface area contributed by atoms with Crippen LogP contribution >= 0.6 is 0 Å². The third-order valence-corrected chi connectivity index (χ3v) is 3.83. The van der Waals surface area contributed by atoms with Gasteiger partial charge in [-0.05, 0) is 18.2 Å². The van der Waals surface area contributed by atoms with E-state index >= 15 is 0 Å². The summed E-state index contributed by atoms with van der Waals surface area (Å²) in [7, 11) is 4.43. The minimum absolute atomic E-state index is 0.0627. The molecule has 0 spiro atoms. The van der Waals surface area contributed by atoms with Gasteiger partial charge in [0.25, 0.3) is 0 Å². The predicted octanol–water partition coefficient (Wildman–Crippen LogP) is 2.04. The van der Waals surface area contributed by atoms with E-state index in [2.05, 4.69) is 9.97 Å². The summed E-state index contributed by atoms with van der Waals surface area (Å²) in [6.07, 6.45) is 0. The van der Waals surface area contributed by atoms with Crippen LogP contribution in [0.4, 0.5) is 11.8 Å². The molecule has 27 heavy (non-hydrogen) atoms. The molecule has 3 rings (SSSR count). The number of fused-ring (bicyclic) bond motifs is 1. The number of methoxy groups -OCH3 is 3. The molecule has 9 heteroatoms. The highest BCUT2D eigenvalue weighted by atomic mass is 16.5. The van der Waals surface area contributed by atoms with E-state index in [1.165, 1.54) is 33.5 Å². The van der Waals surface area contributed by atoms with E-state index in [0.717, 1.165) is 0 Å². The summed E-state index contributed by atoms with van der Waals surface area (Å²) in [5.41, 5.74) is 12.2. The smallest absolute Gasteiger partial charge is 0.343 e. The lowest BCUT2D eigenvalue weighted by Gasteiger charge is -2.14. The van der Waals surface area contributed by atoms with Crippen LogP contribution < -0.4 is 30.4 Å². The van der Waals surface area contributed by atoms with Gasteiger partial charge in [-0.15, -0.1) is 0 Å². The molecule has 0 radical (unpaired) electrons. The highest BCUT2D eigenvalue weighted by Gasteiger charge is 2.17. The molecule has 0 aliphatic heterocycles. The van der Waals surface area contributed by atoms with Crippen LogP contribution in [-0.4, -0.2) is 37.3 Å². The molecular formula is C18H18N4O5. The molecule has 9 nitrogen and oxygen atoms in total. The number of hydrogen-bond donors (Lipinski definition) is 2. The maximum atomic E-state index is 12.5. The van der Waals surface area contributed by atoms with Gasteiger partial charge in [-0.1, -0.05) is 0 Å². The molecule has 0 aliphatic rings. The molecule has 4 N–H and O–H groups in total. The first-order chi connectivity index (χ1) is 13.0. The van der Waals surface area contributed by atoms with Crippen molar-refractivity contribution in [1.29, 1.82) is 0 Å². The van der Waals surface area contributed by atoms with Gasteiger partial charge >= 0.3 is 5.97 Å². The molecule has 0 saturated carbocycles. The van der Waals surface area contributed by atoms with Gasteiger partial charge in [-0.2, -0.15) is 4.98 Å². The third kappa shape index (κ3) is 3.47. The van der Waals surface area contributed by atoms with Crippen molar-refractivity contribution in [1.82, 2.24) is 9.97 Å². The van der Waals surface area contributed by atoms with Crippen LogP contribution in [0.2, 0.25) is 0 Å². The Labute approximate surface area is 154 Å². The lowest BCUT2D eigenvalue weighted by Crippen LogP contribution is -2.09. The zero-order valence-electron chi connectivity index (χ0n) is 15.0. The van der Waals surface area contributed by atoms with Gasteiger partial charge in [-0.3, -0.25) is 0 Å². The molecule has 0 bridgehead atoms. The standard InChI is InChI=1S/C18H18N4O5/c1-24-13-7-10(8-14(25-2)15(13)26-3)27-17(23)9-4-5-12-11(6-9)16(19)22-18(20)21-12/h4-8H,1-3H3,(H4,19,20,21,22). The highest BCUT2D eigenvalue weighted by Crippen LogP contribution is 2.41. The summed E-state index contributed by atoms with van der Waals surface area (Å²) in [5.74, 6) is 1.01. The number of nitrogens with zero attached hydrogens (tertiary/aromatic N) is 2. The number of esters is 1. The molecule has 0 saturated heterocycles. The SMILES string of the molecule is COc1cc(OC(=O)c2ccc3nc(N)nc(N)c3c2)cc(OC)c1OC. The summed E-state index contributed by atoms with van der Waals surface area (Å²) < 4.78 is 21.2. The van der Waals surface area contributed by atoms with Crippen LogP contribution in [0.15, 0.2) is 30.3 Å². The minimum Gasteiger partial charge on any atom is -0.493 e. The first kappa shape index (κ1) is 18.1. The van der Waals surface area contributed by atoms with Gasteiger partial charge in [0.2, 0.25) is 11.7 Å². The van der Waals surface area contributed by atoms with Crippen molar-refractivity contribution in [3.8, 4) is 23.0 Å². The quantitative estimate of drug-likeness (QED) is 0.511. The average molecular weight is 370 g/mol. The second kappa shape index (κ2) is 7.24. The van der Waals surface area contributed by atoms with Gasteiger partial charge in [-0.25, -0.2) is 9.78 Å². The largest absolute Gasteiger partial charge is 0.493 e. The molecule has 1 heterocycles. The van der Waals surface area contributed by atoms with Gasteiger partial charge in [0.1, 0.15) is 11.6 Å². The zero-order chi connectivity index (χ0) is 19.6. The molecule has 2 aromatic carbocycles. The van der Waals surface area contributed by atoms with Crippen LogP contribution in [0.1, 0.15) is 10.4 Å². The van der Waals surface area contributed by atoms with Crippen molar-refractivity contribution < 1.29 is 23.7 Å². The molecule has 140 valence electrons. The normalized spacial score (nSPS) is 10.5. The van der Waals surface area contributed by atoms with Crippen LogP contribution in [0.3, 0.4) is 0 Å². The molecule has 0 unspecified atom stereocenters. The zero-order valence-corrected chi connectivity index (χ0v) is 15.0. The number of hydrogen-bond acceptors (Lipinski definition) is 9. The fraction of sp³-hybridized carbons (Fsp3) is 0.167. The average Bonchev–Trinajstić information content (AvgIpc) is 2.66. The lowest BCUT2D eigenvalue weighted by atomic mass is 10.1. The van der Waals surface area contributed by atoms with Gasteiger partial charge in [0.05, 0.1) is 32.4 Å². The van der Waals surface area contributed by atoms with Crippen molar-refractivity contribution in [3.05, 3.63) is 35.9 Å². The van der Waals surface area contributed by atoms with E-state index < -0.39 is 5.97 Å².